The lowest BCUT2D eigenvalue weighted by Gasteiger charge is -2.20. The number of hydrogen-bond donors (Lipinski definition) is 1. The molecule has 1 N–H and O–H groups in total. The molecule has 0 spiro atoms. The van der Waals surface area contributed by atoms with Gasteiger partial charge in [0.1, 0.15) is 5.76 Å². The lowest BCUT2D eigenvalue weighted by molar-refractivity contribution is 0.309. The highest BCUT2D eigenvalue weighted by atomic mass is 16.3. The molecule has 0 radical (unpaired) electrons. The second kappa shape index (κ2) is 7.47. The van der Waals surface area contributed by atoms with Crippen molar-refractivity contribution in [2.24, 2.45) is 0 Å². The van der Waals surface area contributed by atoms with Crippen molar-refractivity contribution < 1.29 is 4.42 Å². The van der Waals surface area contributed by atoms with Crippen molar-refractivity contribution in [3.05, 3.63) is 24.2 Å². The molecule has 1 aromatic heterocycles. The number of nitrogens with one attached hydrogen (secondary N) is 1. The van der Waals surface area contributed by atoms with E-state index in [1.165, 1.54) is 0 Å². The molecular formula is C13H24N2O. The predicted octanol–water partition coefficient (Wildman–Crippen LogP) is 2.14. The molecule has 0 aliphatic carbocycles. The highest BCUT2D eigenvalue weighted by Crippen LogP contribution is 2.02. The molecule has 0 aliphatic heterocycles. The maximum absolute atomic E-state index is 5.29. The topological polar surface area (TPSA) is 28.4 Å². The summed E-state index contributed by atoms with van der Waals surface area (Å²) in [5.74, 6) is 1.08. The van der Waals surface area contributed by atoms with Gasteiger partial charge in [-0.2, -0.15) is 0 Å². The minimum absolute atomic E-state index is 0.557. The average molecular weight is 224 g/mol. The van der Waals surface area contributed by atoms with Gasteiger partial charge in [0.15, 0.2) is 0 Å². The Balaban J connectivity index is 2.02. The second-order valence-corrected chi connectivity index (χ2v) is 4.39. The second-order valence-electron chi connectivity index (χ2n) is 4.39. The molecule has 0 bridgehead atoms. The first-order valence-electron chi connectivity index (χ1n) is 6.16. The molecule has 1 rings (SSSR count). The van der Waals surface area contributed by atoms with Crippen molar-refractivity contribution in [1.82, 2.24) is 10.2 Å². The summed E-state index contributed by atoms with van der Waals surface area (Å²) in [5, 5.41) is 3.53. The van der Waals surface area contributed by atoms with Crippen molar-refractivity contribution >= 4 is 0 Å². The molecule has 3 heteroatoms. The van der Waals surface area contributed by atoms with Crippen LogP contribution in [0.5, 0.6) is 0 Å². The van der Waals surface area contributed by atoms with Crippen LogP contribution in [0.2, 0.25) is 0 Å². The SMILES string of the molecule is CCN(C)CC(C)NCCCc1ccco1. The summed E-state index contributed by atoms with van der Waals surface area (Å²) in [5.41, 5.74) is 0. The van der Waals surface area contributed by atoms with Crippen LogP contribution in [0.3, 0.4) is 0 Å². The van der Waals surface area contributed by atoms with Gasteiger partial charge in [-0.1, -0.05) is 6.92 Å². The first-order chi connectivity index (χ1) is 7.72. The summed E-state index contributed by atoms with van der Waals surface area (Å²) < 4.78 is 5.29. The van der Waals surface area contributed by atoms with E-state index in [0.717, 1.165) is 38.2 Å². The fraction of sp³-hybridized carbons (Fsp3) is 0.692. The fourth-order valence-electron chi connectivity index (χ4n) is 1.73. The van der Waals surface area contributed by atoms with Gasteiger partial charge < -0.3 is 14.6 Å². The molecular weight excluding hydrogens is 200 g/mol. The van der Waals surface area contributed by atoms with Crippen LogP contribution < -0.4 is 5.32 Å². The maximum Gasteiger partial charge on any atom is 0.103 e. The van der Waals surface area contributed by atoms with Crippen molar-refractivity contribution in [3.63, 3.8) is 0 Å². The maximum atomic E-state index is 5.29. The van der Waals surface area contributed by atoms with E-state index in [9.17, 15) is 0 Å². The number of nitrogens with zero attached hydrogens (tertiary/aromatic N) is 1. The minimum atomic E-state index is 0.557. The van der Waals surface area contributed by atoms with Gasteiger partial charge in [-0.15, -0.1) is 0 Å². The van der Waals surface area contributed by atoms with Crippen LogP contribution in [0.1, 0.15) is 26.0 Å². The van der Waals surface area contributed by atoms with E-state index < -0.39 is 0 Å². The van der Waals surface area contributed by atoms with Crippen molar-refractivity contribution in [2.75, 3.05) is 26.7 Å². The van der Waals surface area contributed by atoms with Crippen LogP contribution in [-0.2, 0) is 6.42 Å². The van der Waals surface area contributed by atoms with Crippen LogP contribution in [-0.4, -0.2) is 37.6 Å². The highest BCUT2D eigenvalue weighted by Gasteiger charge is 2.03. The predicted molar refractivity (Wildman–Crippen MR) is 67.7 cm³/mol. The number of rotatable bonds is 8. The number of aryl methyl sites for hydroxylation is 1. The minimum Gasteiger partial charge on any atom is -0.469 e. The van der Waals surface area contributed by atoms with Gasteiger partial charge in [-0.25, -0.2) is 0 Å². The van der Waals surface area contributed by atoms with Gasteiger partial charge >= 0.3 is 0 Å². The van der Waals surface area contributed by atoms with Crippen molar-refractivity contribution in [3.8, 4) is 0 Å². The third-order valence-electron chi connectivity index (χ3n) is 2.80. The van der Waals surface area contributed by atoms with E-state index in [-0.39, 0.29) is 0 Å². The van der Waals surface area contributed by atoms with Crippen molar-refractivity contribution in [1.29, 1.82) is 0 Å². The Morgan fingerprint density at radius 2 is 2.31 bits per heavy atom. The van der Waals surface area contributed by atoms with Gasteiger partial charge in [0.25, 0.3) is 0 Å². The van der Waals surface area contributed by atoms with E-state index in [4.69, 9.17) is 4.42 Å². The molecule has 0 aliphatic rings. The zero-order chi connectivity index (χ0) is 11.8. The normalized spacial score (nSPS) is 13.2. The van der Waals surface area contributed by atoms with Gasteiger partial charge in [0.2, 0.25) is 0 Å². The van der Waals surface area contributed by atoms with Gasteiger partial charge in [-0.3, -0.25) is 0 Å². The Labute approximate surface area is 98.8 Å². The summed E-state index contributed by atoms with van der Waals surface area (Å²) in [7, 11) is 2.15. The fourth-order valence-corrected chi connectivity index (χ4v) is 1.73. The Morgan fingerprint density at radius 1 is 1.50 bits per heavy atom. The first kappa shape index (κ1) is 13.3. The third kappa shape index (κ3) is 5.33. The van der Waals surface area contributed by atoms with Crippen LogP contribution in [0, 0.1) is 0 Å². The molecule has 0 fully saturated rings. The number of likely N-dealkylation sites (N-methyl/N-ethyl adjacent to an activating group) is 1. The van der Waals surface area contributed by atoms with Crippen LogP contribution in [0.4, 0.5) is 0 Å². The quantitative estimate of drug-likeness (QED) is 0.686. The summed E-state index contributed by atoms with van der Waals surface area (Å²) in [6.07, 6.45) is 3.89. The molecule has 0 saturated heterocycles. The molecule has 0 amide bonds. The first-order valence-corrected chi connectivity index (χ1v) is 6.16. The summed E-state index contributed by atoms with van der Waals surface area (Å²) >= 11 is 0. The third-order valence-corrected chi connectivity index (χ3v) is 2.80. The van der Waals surface area contributed by atoms with Gasteiger partial charge in [0, 0.05) is 19.0 Å². The molecule has 0 aromatic carbocycles. The van der Waals surface area contributed by atoms with E-state index >= 15 is 0 Å². The monoisotopic (exact) mass is 224 g/mol. The molecule has 1 unspecified atom stereocenters. The van der Waals surface area contributed by atoms with Crippen LogP contribution in [0.25, 0.3) is 0 Å². The van der Waals surface area contributed by atoms with E-state index in [1.807, 2.05) is 12.1 Å². The van der Waals surface area contributed by atoms with Crippen molar-refractivity contribution in [2.45, 2.75) is 32.7 Å². The van der Waals surface area contributed by atoms with E-state index in [1.54, 1.807) is 6.26 Å². The van der Waals surface area contributed by atoms with Crippen LogP contribution >= 0.6 is 0 Å². The largest absolute Gasteiger partial charge is 0.469 e. The van der Waals surface area contributed by atoms with Gasteiger partial charge in [0.05, 0.1) is 6.26 Å². The molecule has 1 heterocycles. The summed E-state index contributed by atoms with van der Waals surface area (Å²) in [6, 6.07) is 4.54. The summed E-state index contributed by atoms with van der Waals surface area (Å²) in [6.45, 7) is 7.69. The number of hydrogen-bond acceptors (Lipinski definition) is 3. The standard InChI is InChI=1S/C13H24N2O/c1-4-15(3)11-12(2)14-9-5-7-13-8-6-10-16-13/h6,8,10,12,14H,4-5,7,9,11H2,1-3H3. The number of furan rings is 1. The zero-order valence-electron chi connectivity index (χ0n) is 10.7. The Kier molecular flexibility index (Phi) is 6.19. The van der Waals surface area contributed by atoms with Crippen LogP contribution in [0.15, 0.2) is 22.8 Å². The zero-order valence-corrected chi connectivity index (χ0v) is 10.7. The Bertz CT molecular complexity index is 259. The smallest absolute Gasteiger partial charge is 0.103 e. The summed E-state index contributed by atoms with van der Waals surface area (Å²) in [4.78, 5) is 2.32. The molecule has 3 nitrogen and oxygen atoms in total. The Morgan fingerprint density at radius 3 is 2.94 bits per heavy atom. The van der Waals surface area contributed by atoms with E-state index in [0.29, 0.717) is 6.04 Å². The molecule has 92 valence electrons. The average Bonchev–Trinajstić information content (AvgIpc) is 2.77. The molecule has 1 atom stereocenters. The Hall–Kier alpha value is -0.800. The highest BCUT2D eigenvalue weighted by molar-refractivity contribution is 4.97. The molecule has 0 saturated carbocycles. The molecule has 16 heavy (non-hydrogen) atoms. The lowest BCUT2D eigenvalue weighted by Crippen LogP contribution is -2.37. The lowest BCUT2D eigenvalue weighted by atomic mass is 10.2. The van der Waals surface area contributed by atoms with E-state index in [2.05, 4.69) is 31.1 Å². The molecule has 1 aromatic rings. The van der Waals surface area contributed by atoms with Gasteiger partial charge in [-0.05, 0) is 45.6 Å².